The summed E-state index contributed by atoms with van der Waals surface area (Å²) in [6, 6.07) is 6.87. The van der Waals surface area contributed by atoms with Crippen molar-refractivity contribution in [2.24, 2.45) is 0 Å². The molecule has 0 N–H and O–H groups in total. The summed E-state index contributed by atoms with van der Waals surface area (Å²) < 4.78 is 0.729. The summed E-state index contributed by atoms with van der Waals surface area (Å²) in [5, 5.41) is 19.2. The second-order valence-corrected chi connectivity index (χ2v) is 4.66. The summed E-state index contributed by atoms with van der Waals surface area (Å²) >= 11 is 3.35. The average molecular weight is 312 g/mol. The van der Waals surface area contributed by atoms with Crippen molar-refractivity contribution in [2.75, 3.05) is 13.1 Å². The molecule has 0 aliphatic carbocycles. The summed E-state index contributed by atoms with van der Waals surface area (Å²) in [6.45, 7) is 4.25. The lowest BCUT2D eigenvalue weighted by atomic mass is 10.2. The maximum absolute atomic E-state index is 10.6. The van der Waals surface area contributed by atoms with E-state index in [2.05, 4.69) is 26.9 Å². The molecule has 0 bridgehead atoms. The Hall–Kier alpha value is -1.45. The largest absolute Gasteiger partial charge is 0.298 e. The van der Waals surface area contributed by atoms with E-state index in [1.807, 2.05) is 6.92 Å². The van der Waals surface area contributed by atoms with Crippen LogP contribution in [-0.2, 0) is 6.54 Å². The van der Waals surface area contributed by atoms with Crippen molar-refractivity contribution in [3.8, 4) is 6.07 Å². The zero-order valence-electron chi connectivity index (χ0n) is 10.1. The number of nitriles is 1. The topological polar surface area (TPSA) is 70.2 Å². The molecule has 0 saturated heterocycles. The molecular weight excluding hydrogens is 298 g/mol. The quantitative estimate of drug-likeness (QED) is 0.598. The van der Waals surface area contributed by atoms with Crippen LogP contribution < -0.4 is 0 Å². The maximum Gasteiger partial charge on any atom is 0.270 e. The van der Waals surface area contributed by atoms with Gasteiger partial charge in [-0.1, -0.05) is 22.9 Å². The number of nitro benzene ring substituents is 1. The third-order valence-corrected chi connectivity index (χ3v) is 3.37. The van der Waals surface area contributed by atoms with Crippen molar-refractivity contribution in [2.45, 2.75) is 19.9 Å². The number of hydrogen-bond acceptors (Lipinski definition) is 4. The third-order valence-electron chi connectivity index (χ3n) is 2.63. The zero-order valence-corrected chi connectivity index (χ0v) is 11.7. The van der Waals surface area contributed by atoms with Gasteiger partial charge in [0.2, 0.25) is 0 Å². The fraction of sp³-hybridized carbons (Fsp3) is 0.417. The first-order valence-corrected chi connectivity index (χ1v) is 6.40. The molecule has 6 heteroatoms. The van der Waals surface area contributed by atoms with Gasteiger partial charge in [-0.2, -0.15) is 5.26 Å². The number of nitro groups is 1. The van der Waals surface area contributed by atoms with Crippen molar-refractivity contribution in [3.63, 3.8) is 0 Å². The van der Waals surface area contributed by atoms with Crippen LogP contribution in [0, 0.1) is 21.4 Å². The lowest BCUT2D eigenvalue weighted by molar-refractivity contribution is -0.384. The van der Waals surface area contributed by atoms with Crippen LogP contribution in [0.5, 0.6) is 0 Å². The highest BCUT2D eigenvalue weighted by molar-refractivity contribution is 9.10. The Morgan fingerprint density at radius 1 is 1.56 bits per heavy atom. The Morgan fingerprint density at radius 2 is 2.28 bits per heavy atom. The van der Waals surface area contributed by atoms with Crippen molar-refractivity contribution < 1.29 is 4.92 Å². The molecule has 0 unspecified atom stereocenters. The molecule has 0 aromatic heterocycles. The maximum atomic E-state index is 10.6. The van der Waals surface area contributed by atoms with E-state index in [0.29, 0.717) is 19.5 Å². The summed E-state index contributed by atoms with van der Waals surface area (Å²) in [5.41, 5.74) is 1.06. The van der Waals surface area contributed by atoms with E-state index in [-0.39, 0.29) is 5.69 Å². The highest BCUT2D eigenvalue weighted by Gasteiger charge is 2.11. The molecular formula is C12H14BrN3O2. The molecule has 0 saturated carbocycles. The number of rotatable bonds is 6. The molecule has 96 valence electrons. The number of halogens is 1. The molecule has 0 fully saturated rings. The molecule has 0 spiro atoms. The first-order chi connectivity index (χ1) is 8.58. The van der Waals surface area contributed by atoms with Gasteiger partial charge < -0.3 is 0 Å². The lowest BCUT2D eigenvalue weighted by Gasteiger charge is -2.19. The molecule has 5 nitrogen and oxygen atoms in total. The van der Waals surface area contributed by atoms with Gasteiger partial charge in [-0.05, 0) is 18.2 Å². The molecule has 0 aliphatic rings. The van der Waals surface area contributed by atoms with Gasteiger partial charge in [-0.3, -0.25) is 15.0 Å². The van der Waals surface area contributed by atoms with E-state index >= 15 is 0 Å². The van der Waals surface area contributed by atoms with E-state index in [1.165, 1.54) is 12.1 Å². The molecule has 0 aliphatic heterocycles. The van der Waals surface area contributed by atoms with Crippen molar-refractivity contribution in [3.05, 3.63) is 38.3 Å². The van der Waals surface area contributed by atoms with Gasteiger partial charge in [0.25, 0.3) is 5.69 Å². The van der Waals surface area contributed by atoms with E-state index < -0.39 is 4.92 Å². The van der Waals surface area contributed by atoms with Crippen molar-refractivity contribution in [1.82, 2.24) is 4.90 Å². The van der Waals surface area contributed by atoms with Crippen molar-refractivity contribution >= 4 is 21.6 Å². The molecule has 0 heterocycles. The van der Waals surface area contributed by atoms with Crippen LogP contribution in [0.3, 0.4) is 0 Å². The van der Waals surface area contributed by atoms with E-state index in [1.54, 1.807) is 6.07 Å². The van der Waals surface area contributed by atoms with Gasteiger partial charge in [0.05, 0.1) is 11.0 Å². The first kappa shape index (κ1) is 14.6. The second kappa shape index (κ2) is 7.09. The molecule has 0 atom stereocenters. The van der Waals surface area contributed by atoms with E-state index in [4.69, 9.17) is 5.26 Å². The number of hydrogen-bond donors (Lipinski definition) is 0. The van der Waals surface area contributed by atoms with Crippen LogP contribution >= 0.6 is 15.9 Å². The van der Waals surface area contributed by atoms with Crippen LogP contribution in [-0.4, -0.2) is 22.9 Å². The standard InChI is InChI=1S/C12H14BrN3O2/c1-2-15(7-3-6-14)9-10-4-5-11(16(17)18)8-12(10)13/h4-5,8H,2-3,7,9H2,1H3. The summed E-state index contributed by atoms with van der Waals surface area (Å²) in [6.07, 6.45) is 0.485. The summed E-state index contributed by atoms with van der Waals surface area (Å²) in [4.78, 5) is 12.3. The SMILES string of the molecule is CCN(CCC#N)Cc1ccc([N+](=O)[O-])cc1Br. The number of nitrogens with zero attached hydrogens (tertiary/aromatic N) is 3. The Balaban J connectivity index is 2.78. The third kappa shape index (κ3) is 4.09. The Kier molecular flexibility index (Phi) is 5.75. The molecule has 18 heavy (non-hydrogen) atoms. The van der Waals surface area contributed by atoms with Crippen LogP contribution in [0.2, 0.25) is 0 Å². The summed E-state index contributed by atoms with van der Waals surface area (Å²) in [5.74, 6) is 0. The fourth-order valence-corrected chi connectivity index (χ4v) is 2.07. The van der Waals surface area contributed by atoms with E-state index in [9.17, 15) is 10.1 Å². The highest BCUT2D eigenvalue weighted by atomic mass is 79.9. The van der Waals surface area contributed by atoms with Crippen LogP contribution in [0.25, 0.3) is 0 Å². The molecule has 1 aromatic rings. The summed E-state index contributed by atoms with van der Waals surface area (Å²) in [7, 11) is 0. The predicted octanol–water partition coefficient (Wildman–Crippen LogP) is 3.09. The van der Waals surface area contributed by atoms with Gasteiger partial charge in [0.15, 0.2) is 0 Å². The average Bonchev–Trinajstić information content (AvgIpc) is 2.35. The van der Waals surface area contributed by atoms with Gasteiger partial charge in [-0.15, -0.1) is 0 Å². The van der Waals surface area contributed by atoms with E-state index in [0.717, 1.165) is 16.6 Å². The highest BCUT2D eigenvalue weighted by Crippen LogP contribution is 2.24. The second-order valence-electron chi connectivity index (χ2n) is 3.81. The number of non-ortho nitro benzene ring substituents is 1. The normalized spacial score (nSPS) is 10.3. The van der Waals surface area contributed by atoms with Gasteiger partial charge >= 0.3 is 0 Å². The lowest BCUT2D eigenvalue weighted by Crippen LogP contribution is -2.23. The first-order valence-electron chi connectivity index (χ1n) is 5.60. The Bertz CT molecular complexity index is 471. The van der Waals surface area contributed by atoms with Gasteiger partial charge in [0.1, 0.15) is 0 Å². The van der Waals surface area contributed by atoms with Gasteiger partial charge in [-0.25, -0.2) is 0 Å². The fourth-order valence-electron chi connectivity index (χ4n) is 1.58. The molecule has 0 radical (unpaired) electrons. The Morgan fingerprint density at radius 3 is 2.78 bits per heavy atom. The monoisotopic (exact) mass is 311 g/mol. The van der Waals surface area contributed by atoms with Crippen LogP contribution in [0.1, 0.15) is 18.9 Å². The molecule has 1 aromatic carbocycles. The smallest absolute Gasteiger partial charge is 0.270 e. The zero-order chi connectivity index (χ0) is 13.5. The molecule has 1 rings (SSSR count). The minimum atomic E-state index is -0.415. The van der Waals surface area contributed by atoms with Gasteiger partial charge in [0, 0.05) is 36.1 Å². The minimum absolute atomic E-state index is 0.0747. The van der Waals surface area contributed by atoms with Crippen LogP contribution in [0.15, 0.2) is 22.7 Å². The van der Waals surface area contributed by atoms with Crippen LogP contribution in [0.4, 0.5) is 5.69 Å². The minimum Gasteiger partial charge on any atom is -0.298 e. The van der Waals surface area contributed by atoms with Crippen molar-refractivity contribution in [1.29, 1.82) is 5.26 Å². The number of benzene rings is 1. The predicted molar refractivity (Wildman–Crippen MR) is 72.0 cm³/mol. The Labute approximate surface area is 114 Å². The molecule has 0 amide bonds.